The summed E-state index contributed by atoms with van der Waals surface area (Å²) in [6.07, 6.45) is 0. The van der Waals surface area contributed by atoms with Gasteiger partial charge < -0.3 is 15.4 Å². The topological polar surface area (TPSA) is 84.5 Å². The Balaban J connectivity index is 2.18. The minimum Gasteiger partial charge on any atom is -0.462 e. The number of esters is 1. The molecule has 0 atom stereocenters. The van der Waals surface area contributed by atoms with E-state index in [9.17, 15) is 14.4 Å². The highest BCUT2D eigenvalue weighted by Gasteiger charge is 2.36. The van der Waals surface area contributed by atoms with E-state index in [4.69, 9.17) is 4.74 Å². The summed E-state index contributed by atoms with van der Waals surface area (Å²) in [6.45, 7) is 8.88. The van der Waals surface area contributed by atoms with Crippen LogP contribution in [0.4, 0.5) is 11.4 Å². The first kappa shape index (κ1) is 21.2. The normalized spacial score (nSPS) is 10.9. The molecule has 0 radical (unpaired) electrons. The Morgan fingerprint density at radius 2 is 1.50 bits per heavy atom. The molecule has 0 saturated carbocycles. The predicted octanol–water partition coefficient (Wildman–Crippen LogP) is 4.08. The van der Waals surface area contributed by atoms with Crippen LogP contribution in [0.5, 0.6) is 0 Å². The summed E-state index contributed by atoms with van der Waals surface area (Å²) in [6, 6.07) is 12.2. The largest absolute Gasteiger partial charge is 0.462 e. The number of hydrogen-bond donors (Lipinski definition) is 2. The molecule has 148 valence electrons. The fourth-order valence-electron chi connectivity index (χ4n) is 2.69. The Hall–Kier alpha value is -3.15. The maximum atomic E-state index is 12.8. The second-order valence-corrected chi connectivity index (χ2v) is 7.18. The fourth-order valence-corrected chi connectivity index (χ4v) is 2.69. The van der Waals surface area contributed by atoms with E-state index in [-0.39, 0.29) is 12.2 Å². The van der Waals surface area contributed by atoms with Crippen molar-refractivity contribution in [1.29, 1.82) is 0 Å². The number of carbonyl (C=O) groups is 3. The van der Waals surface area contributed by atoms with Gasteiger partial charge in [-0.15, -0.1) is 0 Å². The summed E-state index contributed by atoms with van der Waals surface area (Å²) in [4.78, 5) is 37.6. The molecule has 2 rings (SSSR count). The van der Waals surface area contributed by atoms with Crippen LogP contribution in [0.25, 0.3) is 0 Å². The molecule has 2 aromatic carbocycles. The summed E-state index contributed by atoms with van der Waals surface area (Å²) in [5.41, 5.74) is 1.85. The standard InChI is InChI=1S/C22H26N2O4/c1-6-28-19(25)17-9-7-8-10-18(17)24-21(27)22(4,5)20(26)23-16-12-14(2)11-15(3)13-16/h7-13H,6H2,1-5H3,(H,23,26)(H,24,27). The van der Waals surface area contributed by atoms with Gasteiger partial charge in [-0.05, 0) is 70.0 Å². The van der Waals surface area contributed by atoms with Crippen molar-refractivity contribution in [3.63, 3.8) is 0 Å². The number of aryl methyl sites for hydroxylation is 2. The van der Waals surface area contributed by atoms with Crippen LogP contribution < -0.4 is 10.6 Å². The second kappa shape index (κ2) is 8.69. The third kappa shape index (κ3) is 4.97. The third-order valence-corrected chi connectivity index (χ3v) is 4.29. The number of carbonyl (C=O) groups excluding carboxylic acids is 3. The van der Waals surface area contributed by atoms with Gasteiger partial charge in [0.1, 0.15) is 5.41 Å². The van der Waals surface area contributed by atoms with E-state index in [1.165, 1.54) is 13.8 Å². The zero-order chi connectivity index (χ0) is 20.9. The Bertz CT molecular complexity index is 883. The molecule has 6 nitrogen and oxygen atoms in total. The Morgan fingerprint density at radius 3 is 2.11 bits per heavy atom. The first-order valence-electron chi connectivity index (χ1n) is 9.12. The second-order valence-electron chi connectivity index (χ2n) is 7.18. The summed E-state index contributed by atoms with van der Waals surface area (Å²) in [7, 11) is 0. The van der Waals surface area contributed by atoms with Crippen LogP contribution in [0.3, 0.4) is 0 Å². The average molecular weight is 382 g/mol. The van der Waals surface area contributed by atoms with Gasteiger partial charge in [-0.25, -0.2) is 4.79 Å². The van der Waals surface area contributed by atoms with Crippen molar-refractivity contribution in [2.24, 2.45) is 5.41 Å². The lowest BCUT2D eigenvalue weighted by molar-refractivity contribution is -0.135. The zero-order valence-electron chi connectivity index (χ0n) is 16.9. The lowest BCUT2D eigenvalue weighted by atomic mass is 9.90. The molecule has 6 heteroatoms. The van der Waals surface area contributed by atoms with Crippen LogP contribution in [0, 0.1) is 19.3 Å². The number of hydrogen-bond acceptors (Lipinski definition) is 4. The maximum Gasteiger partial charge on any atom is 0.340 e. The van der Waals surface area contributed by atoms with Gasteiger partial charge in [0.15, 0.2) is 0 Å². The number of ether oxygens (including phenoxy) is 1. The monoisotopic (exact) mass is 382 g/mol. The minimum absolute atomic E-state index is 0.227. The molecule has 2 amide bonds. The van der Waals surface area contributed by atoms with Gasteiger partial charge in [-0.3, -0.25) is 9.59 Å². The van der Waals surface area contributed by atoms with Crippen molar-refractivity contribution in [3.8, 4) is 0 Å². The molecule has 0 heterocycles. The first-order valence-corrected chi connectivity index (χ1v) is 9.12. The smallest absolute Gasteiger partial charge is 0.340 e. The van der Waals surface area contributed by atoms with E-state index in [0.717, 1.165) is 11.1 Å². The van der Waals surface area contributed by atoms with Gasteiger partial charge in [0.25, 0.3) is 0 Å². The number of nitrogens with one attached hydrogen (secondary N) is 2. The van der Waals surface area contributed by atoms with Gasteiger partial charge >= 0.3 is 5.97 Å². The third-order valence-electron chi connectivity index (χ3n) is 4.29. The van der Waals surface area contributed by atoms with E-state index in [2.05, 4.69) is 10.6 Å². The molecule has 0 fully saturated rings. The Labute approximate surface area is 165 Å². The predicted molar refractivity (Wildman–Crippen MR) is 109 cm³/mol. The van der Waals surface area contributed by atoms with E-state index >= 15 is 0 Å². The molecule has 0 aliphatic carbocycles. The van der Waals surface area contributed by atoms with Gasteiger partial charge in [-0.1, -0.05) is 18.2 Å². The molecule has 28 heavy (non-hydrogen) atoms. The van der Waals surface area contributed by atoms with Gasteiger partial charge in [-0.2, -0.15) is 0 Å². The van der Waals surface area contributed by atoms with Crippen LogP contribution in [0.1, 0.15) is 42.3 Å². The molecule has 2 aromatic rings. The van der Waals surface area contributed by atoms with E-state index in [1.54, 1.807) is 31.2 Å². The van der Waals surface area contributed by atoms with Crippen LogP contribution in [-0.2, 0) is 14.3 Å². The molecular formula is C22H26N2O4. The van der Waals surface area contributed by atoms with Crippen molar-refractivity contribution < 1.29 is 19.1 Å². The molecule has 0 spiro atoms. The van der Waals surface area contributed by atoms with Gasteiger partial charge in [0.2, 0.25) is 11.8 Å². The van der Waals surface area contributed by atoms with Crippen LogP contribution >= 0.6 is 0 Å². The Morgan fingerprint density at radius 1 is 0.929 bits per heavy atom. The average Bonchev–Trinajstić information content (AvgIpc) is 2.61. The molecule has 0 saturated heterocycles. The van der Waals surface area contributed by atoms with Crippen LogP contribution in [0.2, 0.25) is 0 Å². The highest BCUT2D eigenvalue weighted by atomic mass is 16.5. The van der Waals surface area contributed by atoms with Crippen molar-refractivity contribution in [1.82, 2.24) is 0 Å². The number of rotatable bonds is 6. The number of para-hydroxylation sites is 1. The quantitative estimate of drug-likeness (QED) is 0.582. The zero-order valence-corrected chi connectivity index (χ0v) is 16.9. The maximum absolute atomic E-state index is 12.8. The van der Waals surface area contributed by atoms with Gasteiger partial charge in [0.05, 0.1) is 17.9 Å². The number of amides is 2. The van der Waals surface area contributed by atoms with E-state index < -0.39 is 23.2 Å². The Kier molecular flexibility index (Phi) is 6.57. The van der Waals surface area contributed by atoms with Crippen LogP contribution in [0.15, 0.2) is 42.5 Å². The molecule has 0 aliphatic heterocycles. The fraction of sp³-hybridized carbons (Fsp3) is 0.318. The van der Waals surface area contributed by atoms with Crippen molar-refractivity contribution >= 4 is 29.2 Å². The highest BCUT2D eigenvalue weighted by molar-refractivity contribution is 6.15. The summed E-state index contributed by atoms with van der Waals surface area (Å²) in [5, 5.41) is 5.48. The van der Waals surface area contributed by atoms with E-state index in [1.807, 2.05) is 32.0 Å². The summed E-state index contributed by atoms with van der Waals surface area (Å²) >= 11 is 0. The first-order chi connectivity index (χ1) is 13.1. The minimum atomic E-state index is -1.36. The van der Waals surface area contributed by atoms with Crippen molar-refractivity contribution in [2.75, 3.05) is 17.2 Å². The lowest BCUT2D eigenvalue weighted by Crippen LogP contribution is -2.41. The molecule has 2 N–H and O–H groups in total. The number of benzene rings is 2. The molecule has 0 aromatic heterocycles. The van der Waals surface area contributed by atoms with Crippen molar-refractivity contribution in [3.05, 3.63) is 59.2 Å². The molecule has 0 aliphatic rings. The number of anilines is 2. The lowest BCUT2D eigenvalue weighted by Gasteiger charge is -2.23. The molecular weight excluding hydrogens is 356 g/mol. The highest BCUT2D eigenvalue weighted by Crippen LogP contribution is 2.24. The van der Waals surface area contributed by atoms with Crippen LogP contribution in [-0.4, -0.2) is 24.4 Å². The summed E-state index contributed by atoms with van der Waals surface area (Å²) in [5.74, 6) is -1.49. The molecule has 0 bridgehead atoms. The van der Waals surface area contributed by atoms with E-state index in [0.29, 0.717) is 11.4 Å². The summed E-state index contributed by atoms with van der Waals surface area (Å²) < 4.78 is 5.02. The SMILES string of the molecule is CCOC(=O)c1ccccc1NC(=O)C(C)(C)C(=O)Nc1cc(C)cc(C)c1. The van der Waals surface area contributed by atoms with Gasteiger partial charge in [0, 0.05) is 5.69 Å². The molecule has 0 unspecified atom stereocenters. The van der Waals surface area contributed by atoms with Crippen molar-refractivity contribution in [2.45, 2.75) is 34.6 Å².